The van der Waals surface area contributed by atoms with Gasteiger partial charge in [0.25, 0.3) is 6.29 Å². The number of esters is 1. The number of alkyl carbamates (subject to hydrolysis) is 1. The average Bonchev–Trinajstić information content (AvgIpc) is 2.34. The van der Waals surface area contributed by atoms with Crippen LogP contribution >= 0.6 is 8.38 Å². The molecule has 0 saturated carbocycles. The van der Waals surface area contributed by atoms with Gasteiger partial charge in [0.05, 0.1) is 18.6 Å². The summed E-state index contributed by atoms with van der Waals surface area (Å²) >= 11 is 0. The van der Waals surface area contributed by atoms with Crippen LogP contribution in [0.15, 0.2) is 0 Å². The third-order valence-corrected chi connectivity index (χ3v) is 3.02. The topological polar surface area (TPSA) is 105 Å². The maximum Gasteiger partial charge on any atom is 0.410 e. The molecule has 0 fully saturated rings. The first kappa shape index (κ1) is 20.0. The molecule has 2 atom stereocenters. The summed E-state index contributed by atoms with van der Waals surface area (Å²) in [6.07, 6.45) is -4.04. The number of alkyl halides is 1. The van der Waals surface area contributed by atoms with E-state index >= 15 is 0 Å². The molecule has 0 unspecified atom stereocenters. The summed E-state index contributed by atoms with van der Waals surface area (Å²) < 4.78 is 23.1. The van der Waals surface area contributed by atoms with E-state index in [-0.39, 0.29) is 11.8 Å². The van der Waals surface area contributed by atoms with Crippen molar-refractivity contribution >= 4 is 20.4 Å². The predicted molar refractivity (Wildman–Crippen MR) is 75.2 cm³/mol. The zero-order valence-corrected chi connectivity index (χ0v) is 13.5. The third-order valence-electron chi connectivity index (χ3n) is 2.30. The lowest BCUT2D eigenvalue weighted by molar-refractivity contribution is -0.178. The maximum atomic E-state index is 13.2. The molecular weight excluding hydrogens is 304 g/mol. The Hall–Kier alpha value is -0.980. The Morgan fingerprint density at radius 1 is 1.19 bits per heavy atom. The van der Waals surface area contributed by atoms with E-state index in [1.54, 1.807) is 27.7 Å². The van der Waals surface area contributed by atoms with Crippen molar-refractivity contribution < 1.29 is 33.2 Å². The summed E-state index contributed by atoms with van der Waals surface area (Å²) in [6, 6.07) is 0. The summed E-state index contributed by atoms with van der Waals surface area (Å²) in [5.41, 5.74) is 0. The van der Waals surface area contributed by atoms with E-state index in [0.29, 0.717) is 0 Å². The molecule has 124 valence electrons. The van der Waals surface area contributed by atoms with Crippen LogP contribution in [0.1, 0.15) is 27.7 Å². The lowest BCUT2D eigenvalue weighted by Gasteiger charge is -2.22. The van der Waals surface area contributed by atoms with Crippen molar-refractivity contribution in [3.8, 4) is 0 Å². The first-order valence-corrected chi connectivity index (χ1v) is 8.01. The van der Waals surface area contributed by atoms with Crippen molar-refractivity contribution in [2.24, 2.45) is 11.8 Å². The molecule has 0 aliphatic rings. The normalized spacial score (nSPS) is 14.2. The van der Waals surface area contributed by atoms with Crippen LogP contribution in [-0.2, 0) is 14.3 Å². The van der Waals surface area contributed by atoms with Crippen LogP contribution in [0.25, 0.3) is 0 Å². The zero-order chi connectivity index (χ0) is 16.6. The lowest BCUT2D eigenvalue weighted by atomic mass is 10.2. The van der Waals surface area contributed by atoms with Gasteiger partial charge in [-0.2, -0.15) is 0 Å². The minimum absolute atomic E-state index is 0.262. The molecule has 9 heteroatoms. The predicted octanol–water partition coefficient (Wildman–Crippen LogP) is 1.53. The van der Waals surface area contributed by atoms with Gasteiger partial charge in [0.1, 0.15) is 6.17 Å². The number of rotatable bonds is 8. The summed E-state index contributed by atoms with van der Waals surface area (Å²) in [5.74, 6) is -1.13. The van der Waals surface area contributed by atoms with Gasteiger partial charge in [-0.15, -0.1) is 0 Å². The molecule has 1 amide bonds. The van der Waals surface area contributed by atoms with E-state index in [4.69, 9.17) is 19.3 Å². The third kappa shape index (κ3) is 9.55. The molecule has 0 aromatic rings. The van der Waals surface area contributed by atoms with Gasteiger partial charge in [-0.05, 0) is 0 Å². The molecule has 0 saturated heterocycles. The number of carbonyl (C=O) groups is 2. The van der Waals surface area contributed by atoms with Crippen LogP contribution in [-0.4, -0.2) is 47.0 Å². The Labute approximate surface area is 124 Å². The highest BCUT2D eigenvalue weighted by molar-refractivity contribution is 7.45. The van der Waals surface area contributed by atoms with Crippen LogP contribution in [0.3, 0.4) is 0 Å². The van der Waals surface area contributed by atoms with Gasteiger partial charge in [-0.3, -0.25) is 4.79 Å². The second kappa shape index (κ2) is 9.87. The Balaban J connectivity index is 4.27. The van der Waals surface area contributed by atoms with Gasteiger partial charge >= 0.3 is 12.1 Å². The largest absolute Gasteiger partial charge is 0.425 e. The van der Waals surface area contributed by atoms with Crippen molar-refractivity contribution in [3.05, 3.63) is 0 Å². The van der Waals surface area contributed by atoms with Crippen molar-refractivity contribution in [2.45, 2.75) is 40.2 Å². The van der Waals surface area contributed by atoms with Crippen molar-refractivity contribution in [1.82, 2.24) is 5.32 Å². The fraction of sp³-hybridized carbons (Fsp3) is 0.833. The second-order valence-electron chi connectivity index (χ2n) is 5.14. The molecule has 0 spiro atoms. The highest BCUT2D eigenvalue weighted by atomic mass is 31.2. The van der Waals surface area contributed by atoms with Gasteiger partial charge in [-0.1, -0.05) is 27.7 Å². The quantitative estimate of drug-likeness (QED) is 0.355. The molecule has 3 N–H and O–H groups in total. The molecule has 7 nitrogen and oxygen atoms in total. The molecule has 0 aromatic carbocycles. The second-order valence-corrected chi connectivity index (χ2v) is 6.25. The fourth-order valence-corrected chi connectivity index (χ4v) is 1.61. The first-order chi connectivity index (χ1) is 9.63. The minimum atomic E-state index is -2.35. The van der Waals surface area contributed by atoms with E-state index in [9.17, 15) is 14.0 Å². The van der Waals surface area contributed by atoms with Crippen molar-refractivity contribution in [3.63, 3.8) is 0 Å². The fourth-order valence-electron chi connectivity index (χ4n) is 1.13. The van der Waals surface area contributed by atoms with Crippen LogP contribution in [0.5, 0.6) is 0 Å². The number of ether oxygens (including phenoxy) is 2. The molecule has 0 aliphatic heterocycles. The van der Waals surface area contributed by atoms with Crippen molar-refractivity contribution in [2.75, 3.05) is 12.7 Å². The van der Waals surface area contributed by atoms with E-state index in [0.717, 1.165) is 0 Å². The van der Waals surface area contributed by atoms with Gasteiger partial charge in [0, 0.05) is 5.92 Å². The molecule has 0 radical (unpaired) electrons. The average molecular weight is 327 g/mol. The number of hydrogen-bond donors (Lipinski definition) is 3. The molecule has 0 bridgehead atoms. The molecule has 0 aromatic heterocycles. The monoisotopic (exact) mass is 327 g/mol. The summed E-state index contributed by atoms with van der Waals surface area (Å²) in [6.45, 7) is 6.29. The number of amides is 1. The van der Waals surface area contributed by atoms with Gasteiger partial charge in [0.2, 0.25) is 0 Å². The summed E-state index contributed by atoms with van der Waals surface area (Å²) in [4.78, 5) is 40.2. The summed E-state index contributed by atoms with van der Waals surface area (Å²) in [7, 11) is -2.35. The number of nitrogens with one attached hydrogen (secondary N) is 1. The number of halogens is 1. The number of hydrogen-bond acceptors (Lipinski definition) is 6. The Morgan fingerprint density at radius 2 is 1.76 bits per heavy atom. The van der Waals surface area contributed by atoms with Crippen LogP contribution in [0.2, 0.25) is 0 Å². The SMILES string of the molecule is CC(C)C(=O)O[C@@H](OC(=O)NC[C@@H](F)CP(O)O)C(C)C. The minimum Gasteiger partial charge on any atom is -0.425 e. The standard InChI is InChI=1S/C12H23FNO6P/c1-7(2)10(15)19-11(8(3)4)20-12(16)14-5-9(13)6-21(17)18/h7-9,11,17-18H,5-6H2,1-4H3,(H,14,16)/t9-,11+/m1/s1. The van der Waals surface area contributed by atoms with Crippen LogP contribution in [0, 0.1) is 11.8 Å². The smallest absolute Gasteiger partial charge is 0.410 e. The summed E-state index contributed by atoms with van der Waals surface area (Å²) in [5, 5.41) is 2.14. The van der Waals surface area contributed by atoms with Crippen LogP contribution < -0.4 is 5.32 Å². The molecule has 0 rings (SSSR count). The zero-order valence-electron chi connectivity index (χ0n) is 12.6. The first-order valence-electron chi connectivity index (χ1n) is 6.57. The molecule has 0 heterocycles. The Kier molecular flexibility index (Phi) is 9.41. The van der Waals surface area contributed by atoms with Crippen LogP contribution in [0.4, 0.5) is 9.18 Å². The highest BCUT2D eigenvalue weighted by Crippen LogP contribution is 2.24. The highest BCUT2D eigenvalue weighted by Gasteiger charge is 2.24. The van der Waals surface area contributed by atoms with Gasteiger partial charge in [-0.25, -0.2) is 9.18 Å². The van der Waals surface area contributed by atoms with Crippen molar-refractivity contribution in [1.29, 1.82) is 0 Å². The number of carbonyl (C=O) groups excluding carboxylic acids is 2. The Bertz CT molecular complexity index is 340. The Morgan fingerprint density at radius 3 is 2.19 bits per heavy atom. The molecule has 0 aliphatic carbocycles. The van der Waals surface area contributed by atoms with Gasteiger partial charge < -0.3 is 24.6 Å². The lowest BCUT2D eigenvalue weighted by Crippen LogP contribution is -2.38. The molecule has 21 heavy (non-hydrogen) atoms. The van der Waals surface area contributed by atoms with E-state index < -0.39 is 45.6 Å². The van der Waals surface area contributed by atoms with E-state index in [1.165, 1.54) is 0 Å². The molecular formula is C12H23FNO6P. The van der Waals surface area contributed by atoms with Gasteiger partial charge in [0.15, 0.2) is 8.38 Å². The van der Waals surface area contributed by atoms with E-state index in [2.05, 4.69) is 5.32 Å². The van der Waals surface area contributed by atoms with E-state index in [1.807, 2.05) is 0 Å². The maximum absolute atomic E-state index is 13.2.